The molecule has 0 spiro atoms. The van der Waals surface area contributed by atoms with Crippen LogP contribution in [0.4, 0.5) is 14.7 Å². The van der Waals surface area contributed by atoms with Gasteiger partial charge in [0.1, 0.15) is 11.8 Å². The van der Waals surface area contributed by atoms with Crippen molar-refractivity contribution in [3.63, 3.8) is 0 Å². The summed E-state index contributed by atoms with van der Waals surface area (Å²) < 4.78 is 39.3. The summed E-state index contributed by atoms with van der Waals surface area (Å²) in [7, 11) is 1.63. The molecule has 0 saturated carbocycles. The summed E-state index contributed by atoms with van der Waals surface area (Å²) in [5, 5.41) is 0.483. The van der Waals surface area contributed by atoms with E-state index in [9.17, 15) is 23.2 Å². The first-order valence-electron chi connectivity index (χ1n) is 15.4. The number of piperazine rings is 1. The number of ether oxygens (including phenoxy) is 2. The predicted molar refractivity (Wildman–Crippen MR) is 172 cm³/mol. The van der Waals surface area contributed by atoms with Crippen LogP contribution in [0.2, 0.25) is 0 Å². The molecule has 0 bridgehead atoms. The summed E-state index contributed by atoms with van der Waals surface area (Å²) in [6, 6.07) is 9.41. The fraction of sp³-hybridized carbons (Fsp3) is 0.424. The van der Waals surface area contributed by atoms with Gasteiger partial charge < -0.3 is 25.0 Å². The smallest absolute Gasteiger partial charge is 0.387 e. The molecule has 47 heavy (non-hydrogen) atoms. The van der Waals surface area contributed by atoms with Gasteiger partial charge >= 0.3 is 12.6 Å². The number of amides is 1. The third-order valence-electron chi connectivity index (χ3n) is 8.44. The molecule has 2 N–H and O–H groups in total. The van der Waals surface area contributed by atoms with Gasteiger partial charge in [-0.05, 0) is 43.5 Å². The molecule has 5 rings (SSSR count). The van der Waals surface area contributed by atoms with Crippen LogP contribution in [0.3, 0.4) is 0 Å². The first kappa shape index (κ1) is 33.5. The van der Waals surface area contributed by atoms with E-state index in [1.807, 2.05) is 44.7 Å². The van der Waals surface area contributed by atoms with Gasteiger partial charge in [0.25, 0.3) is 11.5 Å². The van der Waals surface area contributed by atoms with E-state index in [-0.39, 0.29) is 42.3 Å². The average molecular weight is 652 g/mol. The fourth-order valence-corrected chi connectivity index (χ4v) is 5.67. The highest BCUT2D eigenvalue weighted by Gasteiger charge is 2.30. The standard InChI is InChI=1S/C33H39F2N7O5/c1-19(2)29(36)31(45)46-18-28(43)41-11-10-40(16-21(41)4)33-37-14-24(15-38-33)22-7-8-25-26(13-22)42(39(5)30(25)44)17-23-12-20(3)6-9-27(23)47-32(34)35/h6-9,12-15,19,21,29,32H,10-11,16-18,36H2,1-5H3/t21-,29?/m1/s1. The second-order valence-electron chi connectivity index (χ2n) is 12.1. The summed E-state index contributed by atoms with van der Waals surface area (Å²) in [5.74, 6) is -0.416. The van der Waals surface area contributed by atoms with E-state index in [1.165, 1.54) is 10.7 Å². The van der Waals surface area contributed by atoms with Crippen LogP contribution in [0.5, 0.6) is 5.75 Å². The van der Waals surface area contributed by atoms with Crippen LogP contribution < -0.4 is 20.9 Å². The Bertz CT molecular complexity index is 1820. The third-order valence-corrected chi connectivity index (χ3v) is 8.44. The Kier molecular flexibility index (Phi) is 9.89. The third kappa shape index (κ3) is 7.27. The summed E-state index contributed by atoms with van der Waals surface area (Å²) in [4.78, 5) is 50.7. The molecule has 2 aromatic carbocycles. The maximum Gasteiger partial charge on any atom is 0.387 e. The minimum atomic E-state index is -2.98. The van der Waals surface area contributed by atoms with Crippen molar-refractivity contribution in [2.45, 2.75) is 52.9 Å². The maximum absolute atomic E-state index is 13.1. The van der Waals surface area contributed by atoms with Gasteiger partial charge in [0, 0.05) is 56.2 Å². The van der Waals surface area contributed by atoms with Gasteiger partial charge in [-0.15, -0.1) is 0 Å². The molecule has 0 aliphatic carbocycles. The van der Waals surface area contributed by atoms with Gasteiger partial charge in [0.2, 0.25) is 5.95 Å². The molecule has 2 atom stereocenters. The van der Waals surface area contributed by atoms with E-state index < -0.39 is 18.6 Å². The molecular weight excluding hydrogens is 612 g/mol. The van der Waals surface area contributed by atoms with Crippen LogP contribution in [0.25, 0.3) is 22.0 Å². The molecule has 12 nitrogen and oxygen atoms in total. The van der Waals surface area contributed by atoms with Crippen molar-refractivity contribution in [3.8, 4) is 16.9 Å². The Morgan fingerprint density at radius 1 is 1.06 bits per heavy atom. The Morgan fingerprint density at radius 2 is 1.79 bits per heavy atom. The molecule has 250 valence electrons. The van der Waals surface area contributed by atoms with Gasteiger partial charge in [0.05, 0.1) is 17.4 Å². The largest absolute Gasteiger partial charge is 0.454 e. The second kappa shape index (κ2) is 13.9. The SMILES string of the molecule is Cc1ccc(OC(F)F)c(Cn2c3cc(-c4cnc(N5CCN(C(=O)COC(=O)C(N)C(C)C)[C@H](C)C5)nc4)ccc3c(=O)n2C)c1. The number of fused-ring (bicyclic) bond motifs is 1. The van der Waals surface area contributed by atoms with Crippen molar-refractivity contribution in [2.75, 3.05) is 31.1 Å². The lowest BCUT2D eigenvalue weighted by Crippen LogP contribution is -2.55. The zero-order valence-corrected chi connectivity index (χ0v) is 27.0. The maximum atomic E-state index is 13.1. The van der Waals surface area contributed by atoms with Crippen molar-refractivity contribution in [1.82, 2.24) is 24.2 Å². The highest BCUT2D eigenvalue weighted by Crippen LogP contribution is 2.27. The zero-order chi connectivity index (χ0) is 34.0. The molecule has 3 heterocycles. The molecule has 1 amide bonds. The summed E-state index contributed by atoms with van der Waals surface area (Å²) in [6.45, 7) is 5.58. The van der Waals surface area contributed by atoms with Gasteiger partial charge in [-0.2, -0.15) is 8.78 Å². The number of hydrogen-bond acceptors (Lipinski definition) is 9. The van der Waals surface area contributed by atoms with E-state index in [2.05, 4.69) is 9.97 Å². The molecular formula is C33H39F2N7O5. The number of nitrogens with zero attached hydrogens (tertiary/aromatic N) is 6. The van der Waals surface area contributed by atoms with Gasteiger partial charge in [-0.1, -0.05) is 37.6 Å². The first-order valence-corrected chi connectivity index (χ1v) is 15.4. The van der Waals surface area contributed by atoms with E-state index in [0.717, 1.165) is 16.7 Å². The van der Waals surface area contributed by atoms with Crippen molar-refractivity contribution < 1.29 is 27.8 Å². The van der Waals surface area contributed by atoms with Crippen molar-refractivity contribution in [1.29, 1.82) is 0 Å². The van der Waals surface area contributed by atoms with Gasteiger partial charge in [0.15, 0.2) is 6.61 Å². The Hall–Kier alpha value is -4.85. The summed E-state index contributed by atoms with van der Waals surface area (Å²) in [5.41, 5.74) is 9.10. The average Bonchev–Trinajstić information content (AvgIpc) is 3.28. The highest BCUT2D eigenvalue weighted by molar-refractivity contribution is 5.85. The lowest BCUT2D eigenvalue weighted by Gasteiger charge is -2.39. The number of aryl methyl sites for hydroxylation is 1. The summed E-state index contributed by atoms with van der Waals surface area (Å²) in [6.07, 6.45) is 3.40. The molecule has 1 unspecified atom stereocenters. The van der Waals surface area contributed by atoms with Gasteiger partial charge in [-0.25, -0.2) is 9.97 Å². The molecule has 1 aliphatic heterocycles. The number of carbonyl (C=O) groups excluding carboxylic acids is 2. The number of halogens is 2. The van der Waals surface area contributed by atoms with Crippen LogP contribution in [0, 0.1) is 12.8 Å². The molecule has 1 saturated heterocycles. The monoisotopic (exact) mass is 651 g/mol. The number of aromatic nitrogens is 4. The number of anilines is 1. The molecule has 0 radical (unpaired) electrons. The number of nitrogens with two attached hydrogens (primary N) is 1. The molecule has 4 aromatic rings. The molecule has 14 heteroatoms. The van der Waals surface area contributed by atoms with E-state index in [0.29, 0.717) is 42.0 Å². The Labute approximate surface area is 270 Å². The normalized spacial score (nSPS) is 15.8. The predicted octanol–water partition coefficient (Wildman–Crippen LogP) is 3.32. The molecule has 1 fully saturated rings. The van der Waals surface area contributed by atoms with Crippen molar-refractivity contribution in [3.05, 3.63) is 70.3 Å². The number of hydrogen-bond donors (Lipinski definition) is 1. The number of carbonyl (C=O) groups is 2. The van der Waals surface area contributed by atoms with Crippen LogP contribution in [-0.4, -0.2) is 81.0 Å². The highest BCUT2D eigenvalue weighted by atomic mass is 19.3. The topological polar surface area (TPSA) is 138 Å². The second-order valence-corrected chi connectivity index (χ2v) is 12.1. The Morgan fingerprint density at radius 3 is 2.45 bits per heavy atom. The summed E-state index contributed by atoms with van der Waals surface area (Å²) >= 11 is 0. The van der Waals surface area contributed by atoms with E-state index in [1.54, 1.807) is 47.2 Å². The van der Waals surface area contributed by atoms with Crippen LogP contribution >= 0.6 is 0 Å². The fourth-order valence-electron chi connectivity index (χ4n) is 5.67. The van der Waals surface area contributed by atoms with Crippen LogP contribution in [0.1, 0.15) is 31.9 Å². The van der Waals surface area contributed by atoms with Gasteiger partial charge in [-0.3, -0.25) is 23.7 Å². The van der Waals surface area contributed by atoms with E-state index in [4.69, 9.17) is 15.2 Å². The molecule has 2 aromatic heterocycles. The number of rotatable bonds is 10. The zero-order valence-electron chi connectivity index (χ0n) is 27.0. The van der Waals surface area contributed by atoms with Crippen molar-refractivity contribution in [2.24, 2.45) is 18.7 Å². The molecule has 1 aliphatic rings. The minimum Gasteiger partial charge on any atom is -0.454 e. The lowest BCUT2D eigenvalue weighted by molar-refractivity contribution is -0.154. The lowest BCUT2D eigenvalue weighted by atomic mass is 10.1. The first-order chi connectivity index (χ1) is 22.3. The minimum absolute atomic E-state index is 0.0503. The van der Waals surface area contributed by atoms with Crippen LogP contribution in [-0.2, 0) is 27.9 Å². The number of benzene rings is 2. The van der Waals surface area contributed by atoms with Crippen LogP contribution in [0.15, 0.2) is 53.6 Å². The quantitative estimate of drug-likeness (QED) is 0.256. The Balaban J connectivity index is 1.30. The number of alkyl halides is 2. The number of esters is 1. The van der Waals surface area contributed by atoms with Crippen molar-refractivity contribution >= 4 is 28.7 Å². The van der Waals surface area contributed by atoms with E-state index >= 15 is 0 Å².